The fraction of sp³-hybridized carbons (Fsp3) is 0.769. The van der Waals surface area contributed by atoms with Gasteiger partial charge in [-0.05, 0) is 24.7 Å². The van der Waals surface area contributed by atoms with Crippen LogP contribution in [0, 0.1) is 5.92 Å². The zero-order chi connectivity index (χ0) is 13.8. The van der Waals surface area contributed by atoms with Gasteiger partial charge in [0.15, 0.2) is 5.69 Å². The summed E-state index contributed by atoms with van der Waals surface area (Å²) in [7, 11) is 1.37. The maximum absolute atomic E-state index is 11.7. The van der Waals surface area contributed by atoms with E-state index in [9.17, 15) is 4.79 Å². The van der Waals surface area contributed by atoms with Crippen LogP contribution in [0.5, 0.6) is 0 Å². The Hall–Kier alpha value is -1.43. The number of methoxy groups -OCH3 is 1. The quantitative estimate of drug-likeness (QED) is 0.775. The fourth-order valence-corrected chi connectivity index (χ4v) is 2.44. The summed E-state index contributed by atoms with van der Waals surface area (Å²) in [5, 5.41) is 8.11. The molecule has 0 radical (unpaired) electrons. The lowest BCUT2D eigenvalue weighted by molar-refractivity contribution is 0.0583. The minimum Gasteiger partial charge on any atom is -0.464 e. The Morgan fingerprint density at radius 2 is 2.16 bits per heavy atom. The Morgan fingerprint density at radius 3 is 2.74 bits per heavy atom. The van der Waals surface area contributed by atoms with Crippen molar-refractivity contribution < 1.29 is 14.3 Å². The highest BCUT2D eigenvalue weighted by Crippen LogP contribution is 2.22. The molecular formula is C13H21N3O3. The smallest absolute Gasteiger partial charge is 0.360 e. The zero-order valence-corrected chi connectivity index (χ0v) is 11.8. The standard InChI is InChI=1S/C13H21N3O3/c1-9(2)12-11(13(17)18-3)14-15-16(12)8-10-4-6-19-7-5-10/h9-10H,4-8H2,1-3H3. The summed E-state index contributed by atoms with van der Waals surface area (Å²) >= 11 is 0. The summed E-state index contributed by atoms with van der Waals surface area (Å²) in [6, 6.07) is 0. The molecule has 106 valence electrons. The van der Waals surface area contributed by atoms with Crippen molar-refractivity contribution in [2.75, 3.05) is 20.3 Å². The molecule has 1 aromatic heterocycles. The summed E-state index contributed by atoms with van der Waals surface area (Å²) in [6.07, 6.45) is 2.07. The van der Waals surface area contributed by atoms with E-state index in [0.717, 1.165) is 38.3 Å². The van der Waals surface area contributed by atoms with Crippen LogP contribution in [-0.4, -0.2) is 41.3 Å². The number of carbonyl (C=O) groups is 1. The Bertz CT molecular complexity index is 436. The first-order valence-corrected chi connectivity index (χ1v) is 6.73. The molecule has 6 nitrogen and oxygen atoms in total. The molecule has 1 aliphatic rings. The molecule has 0 saturated carbocycles. The molecule has 0 aliphatic carbocycles. The van der Waals surface area contributed by atoms with Crippen molar-refractivity contribution in [1.82, 2.24) is 15.0 Å². The monoisotopic (exact) mass is 267 g/mol. The molecule has 19 heavy (non-hydrogen) atoms. The lowest BCUT2D eigenvalue weighted by Crippen LogP contribution is -2.22. The summed E-state index contributed by atoms with van der Waals surface area (Å²) in [5.74, 6) is 0.310. The van der Waals surface area contributed by atoms with Crippen LogP contribution in [0.15, 0.2) is 0 Å². The normalized spacial score (nSPS) is 16.8. The van der Waals surface area contributed by atoms with Crippen molar-refractivity contribution in [3.05, 3.63) is 11.4 Å². The predicted octanol–water partition coefficient (Wildman–Crippen LogP) is 1.61. The van der Waals surface area contributed by atoms with E-state index in [4.69, 9.17) is 9.47 Å². The van der Waals surface area contributed by atoms with E-state index < -0.39 is 5.97 Å². The number of nitrogens with zero attached hydrogens (tertiary/aromatic N) is 3. The average molecular weight is 267 g/mol. The van der Waals surface area contributed by atoms with Crippen LogP contribution in [-0.2, 0) is 16.0 Å². The SMILES string of the molecule is COC(=O)c1nnn(CC2CCOCC2)c1C(C)C. The number of esters is 1. The first kappa shape index (κ1) is 14.0. The van der Waals surface area contributed by atoms with E-state index in [1.807, 2.05) is 18.5 Å². The van der Waals surface area contributed by atoms with Gasteiger partial charge in [0.25, 0.3) is 0 Å². The van der Waals surface area contributed by atoms with Crippen LogP contribution >= 0.6 is 0 Å². The van der Waals surface area contributed by atoms with E-state index >= 15 is 0 Å². The van der Waals surface area contributed by atoms with Crippen LogP contribution in [0.25, 0.3) is 0 Å². The van der Waals surface area contributed by atoms with Gasteiger partial charge < -0.3 is 9.47 Å². The average Bonchev–Trinajstić information content (AvgIpc) is 2.83. The number of ether oxygens (including phenoxy) is 2. The molecule has 0 spiro atoms. The van der Waals surface area contributed by atoms with Gasteiger partial charge in [-0.1, -0.05) is 19.1 Å². The third kappa shape index (κ3) is 3.12. The summed E-state index contributed by atoms with van der Waals surface area (Å²) in [5.41, 5.74) is 1.20. The second-order valence-corrected chi connectivity index (χ2v) is 5.21. The Kier molecular flexibility index (Phi) is 4.52. The van der Waals surface area contributed by atoms with Crippen LogP contribution in [0.2, 0.25) is 0 Å². The van der Waals surface area contributed by atoms with Crippen molar-refractivity contribution in [3.8, 4) is 0 Å². The van der Waals surface area contributed by atoms with Gasteiger partial charge in [0.1, 0.15) is 0 Å². The zero-order valence-electron chi connectivity index (χ0n) is 11.8. The third-order valence-electron chi connectivity index (χ3n) is 3.47. The fourth-order valence-electron chi connectivity index (χ4n) is 2.44. The topological polar surface area (TPSA) is 66.2 Å². The molecule has 1 aliphatic heterocycles. The Balaban J connectivity index is 2.19. The molecule has 0 bridgehead atoms. The van der Waals surface area contributed by atoms with E-state index in [0.29, 0.717) is 11.6 Å². The highest BCUT2D eigenvalue weighted by molar-refractivity contribution is 5.88. The molecule has 1 saturated heterocycles. The van der Waals surface area contributed by atoms with Gasteiger partial charge in [0, 0.05) is 19.8 Å². The van der Waals surface area contributed by atoms with Gasteiger partial charge >= 0.3 is 5.97 Å². The molecule has 1 fully saturated rings. The van der Waals surface area contributed by atoms with Gasteiger partial charge in [0.05, 0.1) is 12.8 Å². The lowest BCUT2D eigenvalue weighted by Gasteiger charge is -2.22. The second-order valence-electron chi connectivity index (χ2n) is 5.21. The van der Waals surface area contributed by atoms with Gasteiger partial charge in [0.2, 0.25) is 0 Å². The van der Waals surface area contributed by atoms with E-state index in [1.54, 1.807) is 0 Å². The molecule has 0 N–H and O–H groups in total. The summed E-state index contributed by atoms with van der Waals surface area (Å²) < 4.78 is 12.0. The molecule has 0 unspecified atom stereocenters. The van der Waals surface area contributed by atoms with Crippen LogP contribution in [0.4, 0.5) is 0 Å². The Labute approximate surface area is 113 Å². The first-order valence-electron chi connectivity index (χ1n) is 6.73. The van der Waals surface area contributed by atoms with Crippen molar-refractivity contribution in [2.24, 2.45) is 5.92 Å². The molecule has 1 aromatic rings. The van der Waals surface area contributed by atoms with E-state index in [-0.39, 0.29) is 5.92 Å². The second kappa shape index (κ2) is 6.14. The minimum atomic E-state index is -0.415. The number of rotatable bonds is 4. The van der Waals surface area contributed by atoms with Crippen molar-refractivity contribution in [2.45, 2.75) is 39.2 Å². The van der Waals surface area contributed by atoms with Crippen LogP contribution in [0.3, 0.4) is 0 Å². The van der Waals surface area contributed by atoms with Crippen molar-refractivity contribution in [3.63, 3.8) is 0 Å². The maximum Gasteiger partial charge on any atom is 0.360 e. The molecule has 0 amide bonds. The third-order valence-corrected chi connectivity index (χ3v) is 3.47. The largest absolute Gasteiger partial charge is 0.464 e. The highest BCUT2D eigenvalue weighted by atomic mass is 16.5. The lowest BCUT2D eigenvalue weighted by atomic mass is 10.00. The molecule has 0 aromatic carbocycles. The molecule has 2 heterocycles. The number of hydrogen-bond acceptors (Lipinski definition) is 5. The maximum atomic E-state index is 11.7. The van der Waals surface area contributed by atoms with Crippen molar-refractivity contribution >= 4 is 5.97 Å². The molecule has 6 heteroatoms. The van der Waals surface area contributed by atoms with Gasteiger partial charge in [-0.25, -0.2) is 9.48 Å². The molecular weight excluding hydrogens is 246 g/mol. The van der Waals surface area contributed by atoms with Gasteiger partial charge in [-0.2, -0.15) is 0 Å². The minimum absolute atomic E-state index is 0.184. The number of carbonyl (C=O) groups excluding carboxylic acids is 1. The highest BCUT2D eigenvalue weighted by Gasteiger charge is 2.24. The van der Waals surface area contributed by atoms with Crippen molar-refractivity contribution in [1.29, 1.82) is 0 Å². The molecule has 2 rings (SSSR count). The van der Waals surface area contributed by atoms with E-state index in [1.165, 1.54) is 7.11 Å². The summed E-state index contributed by atoms with van der Waals surface area (Å²) in [6.45, 7) is 6.47. The molecule has 0 atom stereocenters. The van der Waals surface area contributed by atoms with Crippen LogP contribution < -0.4 is 0 Å². The number of aromatic nitrogens is 3. The van der Waals surface area contributed by atoms with E-state index in [2.05, 4.69) is 10.3 Å². The van der Waals surface area contributed by atoms with Crippen LogP contribution in [0.1, 0.15) is 48.8 Å². The van der Waals surface area contributed by atoms with Gasteiger partial charge in [-0.3, -0.25) is 0 Å². The predicted molar refractivity (Wildman–Crippen MR) is 69.0 cm³/mol. The Morgan fingerprint density at radius 1 is 1.47 bits per heavy atom. The summed E-state index contributed by atoms with van der Waals surface area (Å²) in [4.78, 5) is 11.7. The number of hydrogen-bond donors (Lipinski definition) is 0. The van der Waals surface area contributed by atoms with Gasteiger partial charge in [-0.15, -0.1) is 5.10 Å². The first-order chi connectivity index (χ1) is 9.13.